The van der Waals surface area contributed by atoms with E-state index in [1.165, 1.54) is 38.4 Å². The van der Waals surface area contributed by atoms with Crippen molar-refractivity contribution >= 4 is 17.3 Å². The molecule has 0 aromatic carbocycles. The first-order valence-corrected chi connectivity index (χ1v) is 15.9. The van der Waals surface area contributed by atoms with Crippen molar-refractivity contribution in [1.82, 2.24) is 4.98 Å². The van der Waals surface area contributed by atoms with E-state index < -0.39 is 5.60 Å². The third-order valence-corrected chi connectivity index (χ3v) is 8.73. The Morgan fingerprint density at radius 3 is 2.59 bits per heavy atom. The molecule has 0 aliphatic heterocycles. The van der Waals surface area contributed by atoms with Gasteiger partial charge in [-0.25, -0.2) is 4.98 Å². The molecule has 2 atom stereocenters. The highest BCUT2D eigenvalue weighted by atomic mass is 32.1. The van der Waals surface area contributed by atoms with Crippen LogP contribution in [-0.2, 0) is 9.53 Å². The fraction of sp³-hybridized carbons (Fsp3) is 0.486. The second-order valence-corrected chi connectivity index (χ2v) is 13.5. The molecular formula is C37H49NO2S. The van der Waals surface area contributed by atoms with Gasteiger partial charge in [0.25, 0.3) is 0 Å². The van der Waals surface area contributed by atoms with Crippen LogP contribution in [0.5, 0.6) is 0 Å². The molecule has 0 spiro atoms. The van der Waals surface area contributed by atoms with E-state index in [1.807, 2.05) is 26.8 Å². The molecule has 1 saturated carbocycles. The highest BCUT2D eigenvalue weighted by Gasteiger charge is 2.29. The monoisotopic (exact) mass is 571 g/mol. The van der Waals surface area contributed by atoms with Gasteiger partial charge in [-0.3, -0.25) is 4.79 Å². The maximum absolute atomic E-state index is 13.1. The Balaban J connectivity index is 2.04. The van der Waals surface area contributed by atoms with Crippen molar-refractivity contribution in [2.45, 2.75) is 111 Å². The number of hydrogen-bond acceptors (Lipinski definition) is 4. The van der Waals surface area contributed by atoms with Gasteiger partial charge >= 0.3 is 5.97 Å². The summed E-state index contributed by atoms with van der Waals surface area (Å²) in [5, 5.41) is 3.34. The summed E-state index contributed by atoms with van der Waals surface area (Å²) in [6.07, 6.45) is 16.0. The molecule has 1 heterocycles. The highest BCUT2D eigenvalue weighted by molar-refractivity contribution is 7.09. The molecule has 41 heavy (non-hydrogen) atoms. The lowest BCUT2D eigenvalue weighted by atomic mass is 9.86. The molecule has 3 nitrogen and oxygen atoms in total. The minimum Gasteiger partial charge on any atom is -0.460 e. The quantitative estimate of drug-likeness (QED) is 0.159. The molecule has 0 amide bonds. The van der Waals surface area contributed by atoms with Crippen molar-refractivity contribution in [1.29, 1.82) is 0 Å². The predicted octanol–water partition coefficient (Wildman–Crippen LogP) is 10.6. The fourth-order valence-electron chi connectivity index (χ4n) is 5.64. The van der Waals surface area contributed by atoms with Gasteiger partial charge in [0.05, 0.1) is 10.9 Å². The summed E-state index contributed by atoms with van der Waals surface area (Å²) in [5.41, 5.74) is 12.9. The number of fused-ring (bicyclic) bond motifs is 1. The number of carbonyl (C=O) groups excluding carboxylic acids is 1. The van der Waals surface area contributed by atoms with Gasteiger partial charge in [0.15, 0.2) is 0 Å². The molecular weight excluding hydrogens is 522 g/mol. The van der Waals surface area contributed by atoms with Gasteiger partial charge in [0.2, 0.25) is 0 Å². The standard InChI is InChI=1S/C37H49NO2S/c1-10-13-29-14-12-15-30-16-17-31(36(39)40-37(7,8)9)18-19-34(30)33(23-32(29)20-25(3)4)22-26(5)21-28(11-2)35-38-27(6)24-41-35/h10,12-13,23-24,28,31H,1,3,5,11,14,16-22H2,2,4,6-9H3. The molecule has 2 unspecified atom stereocenters. The number of esters is 1. The number of allylic oxidation sites excluding steroid dienone is 10. The molecule has 0 N–H and O–H groups in total. The first-order chi connectivity index (χ1) is 19.4. The lowest BCUT2D eigenvalue weighted by Crippen LogP contribution is -2.28. The van der Waals surface area contributed by atoms with E-state index in [2.05, 4.69) is 69.8 Å². The molecule has 2 aliphatic carbocycles. The molecule has 1 fully saturated rings. The van der Waals surface area contributed by atoms with Crippen LogP contribution in [-0.4, -0.2) is 16.6 Å². The molecule has 2 aliphatic rings. The van der Waals surface area contributed by atoms with Crippen LogP contribution in [0.1, 0.15) is 109 Å². The molecule has 1 aromatic heterocycles. The third-order valence-electron chi connectivity index (χ3n) is 7.60. The zero-order valence-corrected chi connectivity index (χ0v) is 27.0. The number of aryl methyl sites for hydroxylation is 1. The second-order valence-electron chi connectivity index (χ2n) is 12.6. The van der Waals surface area contributed by atoms with Crippen molar-refractivity contribution in [3.05, 3.63) is 105 Å². The van der Waals surface area contributed by atoms with E-state index in [0.717, 1.165) is 69.1 Å². The number of rotatable bonds is 10. The van der Waals surface area contributed by atoms with E-state index in [9.17, 15) is 4.79 Å². The Bertz CT molecular complexity index is 1320. The lowest BCUT2D eigenvalue weighted by molar-refractivity contribution is -0.160. The first-order valence-electron chi connectivity index (χ1n) is 15.0. The van der Waals surface area contributed by atoms with Gasteiger partial charge in [-0.15, -0.1) is 17.1 Å². The minimum absolute atomic E-state index is 0.0839. The average Bonchev–Trinajstić information content (AvgIpc) is 3.21. The van der Waals surface area contributed by atoms with Gasteiger partial charge in [0.1, 0.15) is 5.60 Å². The molecule has 4 heteroatoms. The normalized spacial score (nSPS) is 19.7. The van der Waals surface area contributed by atoms with E-state index >= 15 is 0 Å². The van der Waals surface area contributed by atoms with E-state index in [1.54, 1.807) is 11.3 Å². The smallest absolute Gasteiger partial charge is 0.309 e. The third kappa shape index (κ3) is 9.83. The van der Waals surface area contributed by atoms with Crippen LogP contribution in [0.25, 0.3) is 0 Å². The topological polar surface area (TPSA) is 39.2 Å². The Kier molecular flexibility index (Phi) is 11.8. The van der Waals surface area contributed by atoms with Gasteiger partial charge in [-0.2, -0.15) is 0 Å². The Morgan fingerprint density at radius 1 is 1.24 bits per heavy atom. The van der Waals surface area contributed by atoms with Crippen LogP contribution in [0.15, 0.2) is 94.2 Å². The molecule has 0 bridgehead atoms. The van der Waals surface area contributed by atoms with E-state index in [-0.39, 0.29) is 11.9 Å². The van der Waals surface area contributed by atoms with Crippen molar-refractivity contribution in [2.24, 2.45) is 5.92 Å². The summed E-state index contributed by atoms with van der Waals surface area (Å²) in [6, 6.07) is 0. The van der Waals surface area contributed by atoms with Crippen molar-refractivity contribution in [2.75, 3.05) is 0 Å². The largest absolute Gasteiger partial charge is 0.460 e. The van der Waals surface area contributed by atoms with Crippen LogP contribution in [0.2, 0.25) is 0 Å². The summed E-state index contributed by atoms with van der Waals surface area (Å²) in [6.45, 7) is 25.0. The molecule has 0 saturated heterocycles. The number of aromatic nitrogens is 1. The average molecular weight is 572 g/mol. The molecule has 3 rings (SSSR count). The SMILES string of the molecule is C=CC=C1CC=C=C2CCC(C(=O)OC(C)(C)C)CCC2=C(CC(=C)CC(CC)c2nc(C)cs2)C=C1CC(=C)C. The van der Waals surface area contributed by atoms with Crippen LogP contribution in [0.3, 0.4) is 0 Å². The summed E-state index contributed by atoms with van der Waals surface area (Å²) >= 11 is 1.75. The van der Waals surface area contributed by atoms with Gasteiger partial charge in [-0.1, -0.05) is 56.0 Å². The Morgan fingerprint density at radius 2 is 1.98 bits per heavy atom. The molecule has 0 radical (unpaired) electrons. The number of nitrogens with zero attached hydrogens (tertiary/aromatic N) is 1. The highest BCUT2D eigenvalue weighted by Crippen LogP contribution is 2.39. The van der Waals surface area contributed by atoms with Gasteiger partial charge in [0, 0.05) is 17.0 Å². The Hall–Kier alpha value is -2.94. The number of carbonyl (C=O) groups is 1. The first kappa shape index (κ1) is 32.6. The predicted molar refractivity (Wildman–Crippen MR) is 175 cm³/mol. The Labute approximate surface area is 252 Å². The maximum Gasteiger partial charge on any atom is 0.309 e. The molecule has 220 valence electrons. The lowest BCUT2D eigenvalue weighted by Gasteiger charge is -2.23. The fourth-order valence-corrected chi connectivity index (χ4v) is 6.63. The van der Waals surface area contributed by atoms with Crippen LogP contribution in [0, 0.1) is 12.8 Å². The number of hydrogen-bond donors (Lipinski definition) is 0. The number of thiazole rings is 1. The van der Waals surface area contributed by atoms with Crippen LogP contribution < -0.4 is 0 Å². The zero-order chi connectivity index (χ0) is 30.2. The van der Waals surface area contributed by atoms with Crippen LogP contribution in [0.4, 0.5) is 0 Å². The van der Waals surface area contributed by atoms with Crippen molar-refractivity contribution in [3.8, 4) is 0 Å². The van der Waals surface area contributed by atoms with Crippen LogP contribution >= 0.6 is 11.3 Å². The number of ether oxygens (including phenoxy) is 1. The van der Waals surface area contributed by atoms with Crippen molar-refractivity contribution in [3.63, 3.8) is 0 Å². The zero-order valence-electron chi connectivity index (χ0n) is 26.2. The minimum atomic E-state index is -0.482. The summed E-state index contributed by atoms with van der Waals surface area (Å²) in [4.78, 5) is 17.9. The van der Waals surface area contributed by atoms with Gasteiger partial charge < -0.3 is 4.74 Å². The summed E-state index contributed by atoms with van der Waals surface area (Å²) < 4.78 is 5.80. The summed E-state index contributed by atoms with van der Waals surface area (Å²) in [7, 11) is 0. The molecule has 1 aromatic rings. The second kappa shape index (κ2) is 14.8. The van der Waals surface area contributed by atoms with Crippen molar-refractivity contribution < 1.29 is 9.53 Å². The van der Waals surface area contributed by atoms with E-state index in [4.69, 9.17) is 9.72 Å². The van der Waals surface area contributed by atoms with Gasteiger partial charge in [-0.05, 0) is 126 Å². The van der Waals surface area contributed by atoms with E-state index in [0.29, 0.717) is 5.92 Å². The maximum atomic E-state index is 13.1. The summed E-state index contributed by atoms with van der Waals surface area (Å²) in [5.74, 6) is 0.182.